The highest BCUT2D eigenvalue weighted by Crippen LogP contribution is 2.26. The number of aryl methyl sites for hydroxylation is 1. The van der Waals surface area contributed by atoms with Crippen molar-refractivity contribution < 1.29 is 13.5 Å². The molecule has 0 aliphatic carbocycles. The molecule has 0 spiro atoms. The highest BCUT2D eigenvalue weighted by molar-refractivity contribution is 6.31. The number of rotatable bonds is 4. The molecule has 2 aromatic rings. The van der Waals surface area contributed by atoms with Crippen LogP contribution in [0, 0.1) is 18.6 Å². The van der Waals surface area contributed by atoms with Gasteiger partial charge in [0.25, 0.3) is 5.56 Å². The maximum atomic E-state index is 13.7. The summed E-state index contributed by atoms with van der Waals surface area (Å²) < 4.78 is 33.5. The molecule has 3 heterocycles. The first-order valence-corrected chi connectivity index (χ1v) is 8.22. The zero-order chi connectivity index (χ0) is 18.8. The SMILES string of the molecule is CC1=CNCC=C1n1c(C)cc(OCc2ncc(F)cc2F)c(Cl)c1=O. The number of halogens is 3. The average Bonchev–Trinajstić information content (AvgIpc) is 2.60. The van der Waals surface area contributed by atoms with E-state index in [0.717, 1.165) is 23.5 Å². The van der Waals surface area contributed by atoms with Gasteiger partial charge in [0.1, 0.15) is 28.9 Å². The van der Waals surface area contributed by atoms with E-state index in [1.807, 2.05) is 19.2 Å². The minimum absolute atomic E-state index is 0.0795. The summed E-state index contributed by atoms with van der Waals surface area (Å²) in [4.78, 5) is 16.3. The molecule has 0 amide bonds. The summed E-state index contributed by atoms with van der Waals surface area (Å²) in [5.74, 6) is -1.49. The van der Waals surface area contributed by atoms with E-state index in [-0.39, 0.29) is 23.1 Å². The molecule has 1 N–H and O–H groups in total. The number of nitrogens with zero attached hydrogens (tertiary/aromatic N) is 2. The Balaban J connectivity index is 1.92. The Kier molecular flexibility index (Phi) is 5.08. The van der Waals surface area contributed by atoms with Crippen LogP contribution >= 0.6 is 11.6 Å². The van der Waals surface area contributed by atoms with Crippen molar-refractivity contribution in [1.82, 2.24) is 14.9 Å². The molecule has 26 heavy (non-hydrogen) atoms. The molecule has 1 aliphatic rings. The van der Waals surface area contributed by atoms with Gasteiger partial charge in [0, 0.05) is 30.6 Å². The van der Waals surface area contributed by atoms with Crippen LogP contribution in [0.5, 0.6) is 5.75 Å². The standard InChI is InChI=1S/C18H16ClF2N3O2/c1-10-7-22-4-3-15(10)24-11(2)5-16(17(19)18(24)25)26-9-14-13(21)6-12(20)8-23-14/h3,5-8,22H,4,9H2,1-2H3. The van der Waals surface area contributed by atoms with Gasteiger partial charge in [-0.1, -0.05) is 11.6 Å². The maximum Gasteiger partial charge on any atom is 0.277 e. The van der Waals surface area contributed by atoms with E-state index in [1.54, 1.807) is 13.0 Å². The second-order valence-electron chi connectivity index (χ2n) is 5.80. The Labute approximate surface area is 153 Å². The molecule has 3 rings (SSSR count). The molecule has 1 aliphatic heterocycles. The molecule has 0 fully saturated rings. The van der Waals surface area contributed by atoms with E-state index in [9.17, 15) is 13.6 Å². The lowest BCUT2D eigenvalue weighted by Crippen LogP contribution is -2.26. The van der Waals surface area contributed by atoms with E-state index >= 15 is 0 Å². The first kappa shape index (κ1) is 18.1. The molecule has 0 atom stereocenters. The summed E-state index contributed by atoms with van der Waals surface area (Å²) >= 11 is 6.17. The molecule has 2 aromatic heterocycles. The number of hydrogen-bond donors (Lipinski definition) is 1. The lowest BCUT2D eigenvalue weighted by molar-refractivity contribution is 0.292. The molecular formula is C18H16ClF2N3O2. The van der Waals surface area contributed by atoms with Crippen LogP contribution in [-0.2, 0) is 6.61 Å². The Morgan fingerprint density at radius 2 is 2.12 bits per heavy atom. The molecule has 0 unspecified atom stereocenters. The lowest BCUT2D eigenvalue weighted by Gasteiger charge is -2.20. The number of aromatic nitrogens is 2. The Morgan fingerprint density at radius 3 is 2.81 bits per heavy atom. The molecule has 0 aromatic carbocycles. The molecule has 136 valence electrons. The monoisotopic (exact) mass is 379 g/mol. The minimum Gasteiger partial charge on any atom is -0.485 e. The van der Waals surface area contributed by atoms with E-state index in [2.05, 4.69) is 10.3 Å². The normalized spacial score (nSPS) is 13.7. The lowest BCUT2D eigenvalue weighted by atomic mass is 10.1. The van der Waals surface area contributed by atoms with Gasteiger partial charge < -0.3 is 10.1 Å². The molecule has 5 nitrogen and oxygen atoms in total. The number of dihydropyridines is 1. The zero-order valence-corrected chi connectivity index (χ0v) is 14.9. The molecule has 0 saturated carbocycles. The van der Waals surface area contributed by atoms with Crippen LogP contribution in [-0.4, -0.2) is 16.1 Å². The first-order valence-electron chi connectivity index (χ1n) is 7.84. The summed E-state index contributed by atoms with van der Waals surface area (Å²) in [5.41, 5.74) is 1.73. The van der Waals surface area contributed by atoms with Crippen LogP contribution in [0.4, 0.5) is 8.78 Å². The number of allylic oxidation sites excluding steroid dienone is 2. The quantitative estimate of drug-likeness (QED) is 0.884. The number of pyridine rings is 2. The highest BCUT2D eigenvalue weighted by Gasteiger charge is 2.18. The predicted molar refractivity (Wildman–Crippen MR) is 95.0 cm³/mol. The van der Waals surface area contributed by atoms with Crippen LogP contribution in [0.15, 0.2) is 41.0 Å². The summed E-state index contributed by atoms with van der Waals surface area (Å²) in [5, 5.41) is 2.95. The van der Waals surface area contributed by atoms with Crippen molar-refractivity contribution >= 4 is 17.3 Å². The minimum atomic E-state index is -0.827. The fourth-order valence-electron chi connectivity index (χ4n) is 2.65. The fraction of sp³-hybridized carbons (Fsp3) is 0.222. The van der Waals surface area contributed by atoms with Crippen molar-refractivity contribution in [2.24, 2.45) is 0 Å². The van der Waals surface area contributed by atoms with Gasteiger partial charge in [-0.2, -0.15) is 0 Å². The smallest absolute Gasteiger partial charge is 0.277 e. The van der Waals surface area contributed by atoms with Gasteiger partial charge in [0.05, 0.1) is 11.9 Å². The first-order chi connectivity index (χ1) is 12.4. The molecule has 0 saturated heterocycles. The van der Waals surface area contributed by atoms with Crippen LogP contribution in [0.3, 0.4) is 0 Å². The summed E-state index contributed by atoms with van der Waals surface area (Å²) in [6.45, 7) is 3.95. The number of ether oxygens (including phenoxy) is 1. The van der Waals surface area contributed by atoms with Gasteiger partial charge in [-0.05, 0) is 25.5 Å². The van der Waals surface area contributed by atoms with Gasteiger partial charge in [-0.25, -0.2) is 8.78 Å². The van der Waals surface area contributed by atoms with Crippen LogP contribution in [0.25, 0.3) is 5.70 Å². The van der Waals surface area contributed by atoms with Gasteiger partial charge in [-0.3, -0.25) is 14.3 Å². The molecule has 8 heteroatoms. The van der Waals surface area contributed by atoms with Gasteiger partial charge in [0.15, 0.2) is 5.82 Å². The summed E-state index contributed by atoms with van der Waals surface area (Å²) in [7, 11) is 0. The van der Waals surface area contributed by atoms with E-state index in [1.165, 1.54) is 4.57 Å². The Morgan fingerprint density at radius 1 is 1.35 bits per heavy atom. The van der Waals surface area contributed by atoms with E-state index in [0.29, 0.717) is 12.2 Å². The largest absolute Gasteiger partial charge is 0.485 e. The van der Waals surface area contributed by atoms with E-state index in [4.69, 9.17) is 16.3 Å². The van der Waals surface area contributed by atoms with Crippen molar-refractivity contribution in [1.29, 1.82) is 0 Å². The van der Waals surface area contributed by atoms with Gasteiger partial charge >= 0.3 is 0 Å². The van der Waals surface area contributed by atoms with Gasteiger partial charge in [-0.15, -0.1) is 0 Å². The Bertz CT molecular complexity index is 983. The van der Waals surface area contributed by atoms with Gasteiger partial charge in [0.2, 0.25) is 0 Å². The third-order valence-electron chi connectivity index (χ3n) is 3.93. The topological polar surface area (TPSA) is 56.1 Å². The van der Waals surface area contributed by atoms with Crippen molar-refractivity contribution in [3.05, 3.63) is 74.6 Å². The van der Waals surface area contributed by atoms with Crippen LogP contribution < -0.4 is 15.6 Å². The third-order valence-corrected chi connectivity index (χ3v) is 4.27. The maximum absolute atomic E-state index is 13.7. The van der Waals surface area contributed by atoms with Crippen LogP contribution in [0.2, 0.25) is 5.02 Å². The highest BCUT2D eigenvalue weighted by atomic mass is 35.5. The molecule has 0 radical (unpaired) electrons. The zero-order valence-electron chi connectivity index (χ0n) is 14.1. The van der Waals surface area contributed by atoms with Crippen molar-refractivity contribution in [2.45, 2.75) is 20.5 Å². The predicted octanol–water partition coefficient (Wildman–Crippen LogP) is 3.41. The van der Waals surface area contributed by atoms with Crippen LogP contribution in [0.1, 0.15) is 18.3 Å². The van der Waals surface area contributed by atoms with Crippen molar-refractivity contribution in [3.63, 3.8) is 0 Å². The summed E-state index contributed by atoms with van der Waals surface area (Å²) in [6.07, 6.45) is 4.60. The van der Waals surface area contributed by atoms with E-state index < -0.39 is 17.2 Å². The second kappa shape index (κ2) is 7.29. The summed E-state index contributed by atoms with van der Waals surface area (Å²) in [6, 6.07) is 2.32. The fourth-order valence-corrected chi connectivity index (χ4v) is 2.84. The van der Waals surface area contributed by atoms with Crippen molar-refractivity contribution in [3.8, 4) is 5.75 Å². The third kappa shape index (κ3) is 3.48. The number of hydrogen-bond acceptors (Lipinski definition) is 4. The second-order valence-corrected chi connectivity index (χ2v) is 6.18. The average molecular weight is 380 g/mol. The Hall–Kier alpha value is -2.67. The molecule has 0 bridgehead atoms. The molecular weight excluding hydrogens is 364 g/mol. The number of nitrogens with one attached hydrogen (secondary N) is 1. The van der Waals surface area contributed by atoms with Crippen molar-refractivity contribution in [2.75, 3.05) is 6.54 Å².